The Kier molecular flexibility index (Phi) is 17.1. The van der Waals surface area contributed by atoms with E-state index < -0.39 is 0 Å². The minimum atomic E-state index is 0.225. The van der Waals surface area contributed by atoms with Gasteiger partial charge in [-0.2, -0.15) is 0 Å². The molecule has 3 nitrogen and oxygen atoms in total. The lowest BCUT2D eigenvalue weighted by atomic mass is 9.99. The molecule has 0 rings (SSSR count). The van der Waals surface area contributed by atoms with Crippen molar-refractivity contribution in [1.82, 2.24) is 0 Å². The summed E-state index contributed by atoms with van der Waals surface area (Å²) in [5.41, 5.74) is 0. The van der Waals surface area contributed by atoms with Crippen LogP contribution in [0.3, 0.4) is 0 Å². The Morgan fingerprint density at radius 3 is 1.54 bits per heavy atom. The fraction of sp³-hybridized carbons (Fsp3) is 0.952. The fourth-order valence-corrected chi connectivity index (χ4v) is 3.29. The third-order valence-corrected chi connectivity index (χ3v) is 4.88. The Morgan fingerprint density at radius 2 is 1.12 bits per heavy atom. The summed E-state index contributed by atoms with van der Waals surface area (Å²) in [6, 6.07) is 0. The zero-order valence-electron chi connectivity index (χ0n) is 16.8. The fourth-order valence-electron chi connectivity index (χ4n) is 3.29. The zero-order chi connectivity index (χ0) is 18.0. The smallest absolute Gasteiger partial charge is 0.129 e. The van der Waals surface area contributed by atoms with Gasteiger partial charge in [-0.1, -0.05) is 71.1 Å². The Balaban J connectivity index is 3.75. The van der Waals surface area contributed by atoms with Crippen molar-refractivity contribution in [3.8, 4) is 0 Å². The van der Waals surface area contributed by atoms with Gasteiger partial charge in [0.25, 0.3) is 0 Å². The van der Waals surface area contributed by atoms with Gasteiger partial charge in [-0.25, -0.2) is 0 Å². The molecule has 24 heavy (non-hydrogen) atoms. The second-order valence-corrected chi connectivity index (χ2v) is 7.11. The molecule has 0 saturated carbocycles. The highest BCUT2D eigenvalue weighted by atomic mass is 16.5. The molecule has 0 aliphatic carbocycles. The highest BCUT2D eigenvalue weighted by Gasteiger charge is 2.20. The van der Waals surface area contributed by atoms with Crippen LogP contribution in [0.4, 0.5) is 0 Å². The van der Waals surface area contributed by atoms with Crippen LogP contribution in [0, 0.1) is 0 Å². The van der Waals surface area contributed by atoms with Gasteiger partial charge in [0.1, 0.15) is 5.78 Å². The van der Waals surface area contributed by atoms with Gasteiger partial charge in [0.15, 0.2) is 0 Å². The summed E-state index contributed by atoms with van der Waals surface area (Å²) in [6.07, 6.45) is 17.2. The molecule has 0 aliphatic heterocycles. The van der Waals surface area contributed by atoms with Crippen LogP contribution in [-0.4, -0.2) is 32.2 Å². The molecule has 0 amide bonds. The van der Waals surface area contributed by atoms with E-state index in [1.807, 2.05) is 14.2 Å². The summed E-state index contributed by atoms with van der Waals surface area (Å²) in [6.45, 7) is 3.94. The number of carbonyl (C=O) groups excluding carboxylic acids is 1. The molecular formula is C21H42O3. The molecule has 0 saturated heterocycles. The monoisotopic (exact) mass is 342 g/mol. The van der Waals surface area contributed by atoms with E-state index in [-0.39, 0.29) is 12.2 Å². The number of carbonyl (C=O) groups is 1. The number of hydrogen-bond acceptors (Lipinski definition) is 3. The van der Waals surface area contributed by atoms with Crippen molar-refractivity contribution < 1.29 is 14.3 Å². The van der Waals surface area contributed by atoms with E-state index in [0.717, 1.165) is 25.7 Å². The van der Waals surface area contributed by atoms with Crippen molar-refractivity contribution in [2.24, 2.45) is 0 Å². The Bertz CT molecular complexity index is 278. The summed E-state index contributed by atoms with van der Waals surface area (Å²) in [5.74, 6) is 0.312. The summed E-state index contributed by atoms with van der Waals surface area (Å²) < 4.78 is 11.4. The minimum absolute atomic E-state index is 0.225. The van der Waals surface area contributed by atoms with Crippen LogP contribution in [0.1, 0.15) is 104 Å². The maximum Gasteiger partial charge on any atom is 0.129 e. The first-order valence-corrected chi connectivity index (χ1v) is 10.2. The summed E-state index contributed by atoms with van der Waals surface area (Å²) in [5, 5.41) is 0. The average molecular weight is 343 g/mol. The van der Waals surface area contributed by atoms with Gasteiger partial charge in [-0.3, -0.25) is 0 Å². The topological polar surface area (TPSA) is 35.5 Å². The quantitative estimate of drug-likeness (QED) is 0.283. The lowest BCUT2D eigenvalue weighted by Crippen LogP contribution is -2.30. The maximum atomic E-state index is 10.9. The molecule has 3 heteroatoms. The summed E-state index contributed by atoms with van der Waals surface area (Å²) in [7, 11) is 3.63. The van der Waals surface area contributed by atoms with Crippen molar-refractivity contribution in [2.75, 3.05) is 14.2 Å². The van der Waals surface area contributed by atoms with Crippen LogP contribution < -0.4 is 0 Å². The van der Waals surface area contributed by atoms with Gasteiger partial charge >= 0.3 is 0 Å². The van der Waals surface area contributed by atoms with E-state index in [2.05, 4.69) is 6.92 Å². The van der Waals surface area contributed by atoms with E-state index in [1.54, 1.807) is 6.92 Å². The molecule has 0 bridgehead atoms. The maximum absolute atomic E-state index is 10.9. The van der Waals surface area contributed by atoms with Crippen molar-refractivity contribution in [3.05, 3.63) is 0 Å². The van der Waals surface area contributed by atoms with Crippen molar-refractivity contribution >= 4 is 5.78 Å². The molecule has 0 heterocycles. The second kappa shape index (κ2) is 17.4. The van der Waals surface area contributed by atoms with Crippen LogP contribution in [0.2, 0.25) is 0 Å². The lowest BCUT2D eigenvalue weighted by molar-refractivity contribution is -0.117. The zero-order valence-corrected chi connectivity index (χ0v) is 16.8. The number of rotatable bonds is 18. The van der Waals surface area contributed by atoms with Crippen LogP contribution in [0.5, 0.6) is 0 Å². The first-order chi connectivity index (χ1) is 11.7. The normalized spacial score (nSPS) is 13.8. The third kappa shape index (κ3) is 14.0. The number of Topliss-reactive ketones (excluding diaryl/α,β-unsaturated/α-hetero) is 1. The Labute approximate surface area is 150 Å². The van der Waals surface area contributed by atoms with Crippen LogP contribution >= 0.6 is 0 Å². The molecule has 0 fully saturated rings. The number of ketones is 1. The van der Waals surface area contributed by atoms with Crippen LogP contribution in [0.25, 0.3) is 0 Å². The predicted octanol–water partition coefficient (Wildman–Crippen LogP) is 6.09. The van der Waals surface area contributed by atoms with Gasteiger partial charge in [0.05, 0.1) is 12.2 Å². The summed E-state index contributed by atoms with van der Waals surface area (Å²) in [4.78, 5) is 10.9. The third-order valence-electron chi connectivity index (χ3n) is 4.88. The van der Waals surface area contributed by atoms with Gasteiger partial charge < -0.3 is 14.3 Å². The molecule has 0 spiro atoms. The highest BCUT2D eigenvalue weighted by molar-refractivity contribution is 5.75. The van der Waals surface area contributed by atoms with Crippen molar-refractivity contribution in [3.63, 3.8) is 0 Å². The lowest BCUT2D eigenvalue weighted by Gasteiger charge is -2.25. The van der Waals surface area contributed by atoms with E-state index in [1.165, 1.54) is 64.2 Å². The predicted molar refractivity (Wildman–Crippen MR) is 103 cm³/mol. The molecule has 0 radical (unpaired) electrons. The first kappa shape index (κ1) is 23.6. The molecule has 2 unspecified atom stereocenters. The van der Waals surface area contributed by atoms with Crippen LogP contribution in [0.15, 0.2) is 0 Å². The molecular weight excluding hydrogens is 300 g/mol. The number of methoxy groups -OCH3 is 2. The molecule has 0 N–H and O–H groups in total. The number of hydrogen-bond donors (Lipinski definition) is 0. The molecule has 0 aromatic carbocycles. The van der Waals surface area contributed by atoms with Crippen molar-refractivity contribution in [2.45, 2.75) is 116 Å². The SMILES string of the molecule is CCCCCCCCC(OC)C(CCCCCCCC(C)=O)OC. The van der Waals surface area contributed by atoms with E-state index in [9.17, 15) is 4.79 Å². The summed E-state index contributed by atoms with van der Waals surface area (Å²) >= 11 is 0. The number of ether oxygens (including phenoxy) is 2. The molecule has 0 aromatic rings. The van der Waals surface area contributed by atoms with Crippen molar-refractivity contribution in [1.29, 1.82) is 0 Å². The Morgan fingerprint density at radius 1 is 0.708 bits per heavy atom. The van der Waals surface area contributed by atoms with E-state index in [4.69, 9.17) is 9.47 Å². The van der Waals surface area contributed by atoms with Gasteiger partial charge in [0, 0.05) is 20.6 Å². The molecule has 2 atom stereocenters. The van der Waals surface area contributed by atoms with E-state index >= 15 is 0 Å². The molecule has 144 valence electrons. The highest BCUT2D eigenvalue weighted by Crippen LogP contribution is 2.19. The number of unbranched alkanes of at least 4 members (excludes halogenated alkanes) is 9. The van der Waals surface area contributed by atoms with Gasteiger partial charge in [-0.05, 0) is 26.2 Å². The first-order valence-electron chi connectivity index (χ1n) is 10.2. The van der Waals surface area contributed by atoms with Crippen LogP contribution in [-0.2, 0) is 14.3 Å². The van der Waals surface area contributed by atoms with Gasteiger partial charge in [0.2, 0.25) is 0 Å². The minimum Gasteiger partial charge on any atom is -0.379 e. The molecule has 0 aliphatic rings. The standard InChI is InChI=1S/C21H42O3/c1-5-6-7-8-11-14-17-20(23-3)21(24-4)18-15-12-9-10-13-16-19(2)22/h20-21H,5-18H2,1-4H3. The average Bonchev–Trinajstić information content (AvgIpc) is 2.57. The molecule has 0 aromatic heterocycles. The largest absolute Gasteiger partial charge is 0.379 e. The van der Waals surface area contributed by atoms with E-state index in [0.29, 0.717) is 5.78 Å². The second-order valence-electron chi connectivity index (χ2n) is 7.11. The Hall–Kier alpha value is -0.410. The van der Waals surface area contributed by atoms with Gasteiger partial charge in [-0.15, -0.1) is 0 Å².